The molecule has 0 radical (unpaired) electrons. The molecule has 0 saturated heterocycles. The monoisotopic (exact) mass is 197 g/mol. The average Bonchev–Trinajstić information content (AvgIpc) is 2.46. The van der Waals surface area contributed by atoms with Crippen LogP contribution in [0.3, 0.4) is 0 Å². The van der Waals surface area contributed by atoms with Gasteiger partial charge in [0.1, 0.15) is 0 Å². The Labute approximate surface area is 90.6 Å². The molecule has 0 heterocycles. The Kier molecular flexibility index (Phi) is 3.03. The summed E-state index contributed by atoms with van der Waals surface area (Å²) >= 11 is 0. The van der Waals surface area contributed by atoms with Gasteiger partial charge in [-0.05, 0) is 30.1 Å². The molecule has 2 N–H and O–H groups in total. The van der Waals surface area contributed by atoms with Crippen LogP contribution in [0, 0.1) is 0 Å². The van der Waals surface area contributed by atoms with Crippen molar-refractivity contribution in [2.45, 2.75) is 12.8 Å². The summed E-state index contributed by atoms with van der Waals surface area (Å²) < 4.78 is 0. The molecule has 0 aromatic heterocycles. The van der Waals surface area contributed by atoms with Gasteiger partial charge in [0.05, 0.1) is 0 Å². The van der Waals surface area contributed by atoms with E-state index in [1.54, 1.807) is 0 Å². The van der Waals surface area contributed by atoms with Gasteiger partial charge in [-0.3, -0.25) is 0 Å². The van der Waals surface area contributed by atoms with Gasteiger partial charge in [0.15, 0.2) is 0 Å². The minimum Gasteiger partial charge on any atom is -0.399 e. The second-order valence-corrected chi connectivity index (χ2v) is 3.71. The Morgan fingerprint density at radius 3 is 2.60 bits per heavy atom. The van der Waals surface area contributed by atoms with Crippen molar-refractivity contribution in [2.24, 2.45) is 5.73 Å². The molecular formula is C14H15N. The van der Waals surface area contributed by atoms with Crippen molar-refractivity contribution in [3.05, 3.63) is 71.5 Å². The lowest BCUT2D eigenvalue weighted by atomic mass is 10.0. The van der Waals surface area contributed by atoms with E-state index in [1.807, 2.05) is 18.2 Å². The lowest BCUT2D eigenvalue weighted by Crippen LogP contribution is -1.91. The highest BCUT2D eigenvalue weighted by Crippen LogP contribution is 2.13. The summed E-state index contributed by atoms with van der Waals surface area (Å²) in [5.41, 5.74) is 9.26. The molecule has 76 valence electrons. The quantitative estimate of drug-likeness (QED) is 0.775. The number of nitrogens with two attached hydrogens (primary N) is 1. The van der Waals surface area contributed by atoms with E-state index < -0.39 is 0 Å². The molecule has 1 aromatic carbocycles. The minimum atomic E-state index is 0.856. The van der Waals surface area contributed by atoms with Gasteiger partial charge in [-0.1, -0.05) is 48.6 Å². The molecule has 0 bridgehead atoms. The van der Waals surface area contributed by atoms with Crippen LogP contribution in [0.2, 0.25) is 0 Å². The summed E-state index contributed by atoms with van der Waals surface area (Å²) in [6, 6.07) is 10.5. The first-order valence-corrected chi connectivity index (χ1v) is 5.21. The molecule has 1 aromatic rings. The number of benzene rings is 1. The summed E-state index contributed by atoms with van der Waals surface area (Å²) in [4.78, 5) is 0. The lowest BCUT2D eigenvalue weighted by molar-refractivity contribution is 1.17. The number of hydrogen-bond acceptors (Lipinski definition) is 1. The topological polar surface area (TPSA) is 26.0 Å². The van der Waals surface area contributed by atoms with Crippen LogP contribution in [0.5, 0.6) is 0 Å². The Balaban J connectivity index is 2.08. The van der Waals surface area contributed by atoms with Crippen LogP contribution in [0.4, 0.5) is 0 Å². The Morgan fingerprint density at radius 1 is 1.00 bits per heavy atom. The van der Waals surface area contributed by atoms with Crippen LogP contribution in [-0.4, -0.2) is 0 Å². The second kappa shape index (κ2) is 4.65. The molecule has 15 heavy (non-hydrogen) atoms. The fourth-order valence-electron chi connectivity index (χ4n) is 1.65. The second-order valence-electron chi connectivity index (χ2n) is 3.71. The van der Waals surface area contributed by atoms with Gasteiger partial charge in [0, 0.05) is 5.70 Å². The Bertz CT molecular complexity index is 410. The zero-order chi connectivity index (χ0) is 10.5. The van der Waals surface area contributed by atoms with Crippen molar-refractivity contribution in [2.75, 3.05) is 0 Å². The first kappa shape index (κ1) is 9.78. The van der Waals surface area contributed by atoms with Crippen molar-refractivity contribution >= 4 is 0 Å². The van der Waals surface area contributed by atoms with E-state index in [0.717, 1.165) is 18.5 Å². The van der Waals surface area contributed by atoms with E-state index in [4.69, 9.17) is 5.73 Å². The van der Waals surface area contributed by atoms with Gasteiger partial charge in [-0.15, -0.1) is 0 Å². The van der Waals surface area contributed by atoms with Gasteiger partial charge in [0.2, 0.25) is 0 Å². The van der Waals surface area contributed by atoms with Crippen LogP contribution in [0.1, 0.15) is 12.0 Å². The third-order valence-electron chi connectivity index (χ3n) is 2.47. The molecule has 1 aliphatic carbocycles. The van der Waals surface area contributed by atoms with Crippen molar-refractivity contribution in [1.29, 1.82) is 0 Å². The highest BCUT2D eigenvalue weighted by molar-refractivity contribution is 5.34. The maximum Gasteiger partial charge on any atom is 0.0276 e. The normalized spacial score (nSPS) is 15.5. The third-order valence-corrected chi connectivity index (χ3v) is 2.47. The molecule has 0 atom stereocenters. The zero-order valence-electron chi connectivity index (χ0n) is 8.69. The number of hydrogen-bond donors (Lipinski definition) is 1. The maximum absolute atomic E-state index is 5.73. The van der Waals surface area contributed by atoms with Crippen LogP contribution < -0.4 is 5.73 Å². The molecule has 0 amide bonds. The lowest BCUT2D eigenvalue weighted by Gasteiger charge is -2.01. The van der Waals surface area contributed by atoms with E-state index in [9.17, 15) is 0 Å². The molecule has 0 fully saturated rings. The first-order valence-electron chi connectivity index (χ1n) is 5.21. The van der Waals surface area contributed by atoms with Gasteiger partial charge in [0.25, 0.3) is 0 Å². The highest BCUT2D eigenvalue weighted by atomic mass is 14.5. The van der Waals surface area contributed by atoms with Gasteiger partial charge < -0.3 is 5.73 Å². The molecule has 2 rings (SSSR count). The predicted molar refractivity (Wildman–Crippen MR) is 64.3 cm³/mol. The molecule has 0 unspecified atom stereocenters. The van der Waals surface area contributed by atoms with E-state index in [2.05, 4.69) is 36.4 Å². The van der Waals surface area contributed by atoms with E-state index in [-0.39, 0.29) is 0 Å². The van der Waals surface area contributed by atoms with E-state index in [0.29, 0.717) is 0 Å². The molecule has 1 heteroatoms. The van der Waals surface area contributed by atoms with E-state index in [1.165, 1.54) is 11.1 Å². The van der Waals surface area contributed by atoms with Gasteiger partial charge >= 0.3 is 0 Å². The SMILES string of the molecule is NC1=CCC=C(Cc2ccccc2)C=C1. The summed E-state index contributed by atoms with van der Waals surface area (Å²) in [6.07, 6.45) is 10.3. The molecule has 1 aliphatic rings. The van der Waals surface area contributed by atoms with Crippen LogP contribution in [-0.2, 0) is 6.42 Å². The van der Waals surface area contributed by atoms with Crippen molar-refractivity contribution < 1.29 is 0 Å². The zero-order valence-corrected chi connectivity index (χ0v) is 8.69. The summed E-state index contributed by atoms with van der Waals surface area (Å²) in [5.74, 6) is 0. The molecule has 1 nitrogen and oxygen atoms in total. The summed E-state index contributed by atoms with van der Waals surface area (Å²) in [5, 5.41) is 0. The molecule has 0 spiro atoms. The fourth-order valence-corrected chi connectivity index (χ4v) is 1.65. The summed E-state index contributed by atoms with van der Waals surface area (Å²) in [6.45, 7) is 0. The number of rotatable bonds is 2. The summed E-state index contributed by atoms with van der Waals surface area (Å²) in [7, 11) is 0. The Hall–Kier alpha value is -1.76. The first-order chi connectivity index (χ1) is 7.34. The largest absolute Gasteiger partial charge is 0.399 e. The van der Waals surface area contributed by atoms with E-state index >= 15 is 0 Å². The smallest absolute Gasteiger partial charge is 0.0276 e. The van der Waals surface area contributed by atoms with Crippen molar-refractivity contribution in [3.8, 4) is 0 Å². The Morgan fingerprint density at radius 2 is 1.80 bits per heavy atom. The minimum absolute atomic E-state index is 0.856. The average molecular weight is 197 g/mol. The standard InChI is InChI=1S/C14H15N/c15-14-8-4-7-13(9-10-14)11-12-5-2-1-3-6-12/h1-3,5-10H,4,11,15H2. The van der Waals surface area contributed by atoms with Crippen LogP contribution in [0.25, 0.3) is 0 Å². The maximum atomic E-state index is 5.73. The van der Waals surface area contributed by atoms with Crippen LogP contribution >= 0.6 is 0 Å². The fraction of sp³-hybridized carbons (Fsp3) is 0.143. The van der Waals surface area contributed by atoms with Crippen LogP contribution in [0.15, 0.2) is 65.9 Å². The van der Waals surface area contributed by atoms with Crippen molar-refractivity contribution in [1.82, 2.24) is 0 Å². The highest BCUT2D eigenvalue weighted by Gasteiger charge is 1.98. The molecule has 0 saturated carbocycles. The van der Waals surface area contributed by atoms with Crippen molar-refractivity contribution in [3.63, 3.8) is 0 Å². The molecular weight excluding hydrogens is 182 g/mol. The third kappa shape index (κ3) is 2.84. The predicted octanol–water partition coefficient (Wildman–Crippen LogP) is 2.96. The number of allylic oxidation sites excluding steroid dienone is 5. The van der Waals surface area contributed by atoms with Gasteiger partial charge in [-0.25, -0.2) is 0 Å². The molecule has 0 aliphatic heterocycles. The van der Waals surface area contributed by atoms with Gasteiger partial charge in [-0.2, -0.15) is 0 Å².